The van der Waals surface area contributed by atoms with E-state index in [2.05, 4.69) is 82.3 Å². The molecule has 17 atom stereocenters. The zero-order chi connectivity index (χ0) is 60.8. The first-order valence-electron chi connectivity index (χ1n) is 36.9. The van der Waals surface area contributed by atoms with Crippen LogP contribution in [0.2, 0.25) is 24.2 Å². The van der Waals surface area contributed by atoms with Crippen LogP contribution in [0.25, 0.3) is 0 Å². The normalized spacial score (nSPS) is 38.2. The van der Waals surface area contributed by atoms with Crippen LogP contribution < -0.4 is 0 Å². The molecule has 0 spiro atoms. The van der Waals surface area contributed by atoms with Crippen LogP contribution in [0.1, 0.15) is 300 Å². The van der Waals surface area contributed by atoms with Gasteiger partial charge in [0.1, 0.15) is 0 Å². The summed E-state index contributed by atoms with van der Waals surface area (Å²) >= 11 is -2.48. The van der Waals surface area contributed by atoms with Gasteiger partial charge in [0.25, 0.3) is 0 Å². The third-order valence-corrected chi connectivity index (χ3v) is 35.2. The second-order valence-electron chi connectivity index (χ2n) is 36.0. The molecule has 90 heavy (non-hydrogen) atoms. The summed E-state index contributed by atoms with van der Waals surface area (Å²) in [5.74, 6) is 21.7. The molecule has 0 nitrogen and oxygen atoms in total. The molecule has 0 N–H and O–H groups in total. The fourth-order valence-electron chi connectivity index (χ4n) is 26.6. The predicted molar refractivity (Wildman–Crippen MR) is 401 cm³/mol. The second kappa shape index (κ2) is 41.2. The van der Waals surface area contributed by atoms with E-state index in [9.17, 15) is 0 Å². The van der Waals surface area contributed by atoms with Crippen molar-refractivity contribution in [2.75, 3.05) is 0 Å². The van der Waals surface area contributed by atoms with Gasteiger partial charge in [-0.1, -0.05) is 211 Å². The van der Waals surface area contributed by atoms with E-state index in [1.807, 2.05) is 0 Å². The van der Waals surface area contributed by atoms with Gasteiger partial charge in [0.2, 0.25) is 0 Å². The van der Waals surface area contributed by atoms with Gasteiger partial charge in [-0.15, -0.1) is 0 Å². The second-order valence-corrected chi connectivity index (χ2v) is 52.2. The summed E-state index contributed by atoms with van der Waals surface area (Å²) in [4.78, 5) is 0. The molecule has 0 aromatic rings. The molecule has 17 unspecified atom stereocenters. The summed E-state index contributed by atoms with van der Waals surface area (Å²) in [5.41, 5.74) is 4.59. The molecule has 13 rings (SSSR count). The standard InChI is InChI=1S/C29H52.C24H42Si.C21H36.6CH3.6ClH.3Zr/c1-27(2,3)20-13-15-22-23-16-14-21(28(4,5)6)18-25(23)26(24(22)17-20)29(7,8)19-11-9-10-12-19;1-25(2,23-16-15-17-9-3-4-10-18(17)23)24-21-13-7-5-11-19(21)20-12-6-8-14-22(20)24;1-21(2,15-9-3-4-10-15)20-18-13-7-5-11-16(18)17-12-6-8-14-19(17)20;;;;;;;;;;;;;;;/h19-26H,9-18H2,1-8H3;17-24H,3-16H2,1-2H3;15-20H,3-14H2,1-2H3;6*1H3;6*1H;;;/q;;;6*-1;;;;;;;3*+4/p-6. The van der Waals surface area contributed by atoms with Crippen LogP contribution >= 0.6 is 51.1 Å². The Labute approximate surface area is 623 Å². The molecule has 0 bridgehead atoms. The molecular formula is C80H148Cl6SiZr3. The minimum absolute atomic E-state index is 0. The first-order valence-corrected chi connectivity index (χ1v) is 59.1. The summed E-state index contributed by atoms with van der Waals surface area (Å²) in [6.45, 7) is 31.8. The molecule has 0 radical (unpaired) electrons. The molecule has 0 amide bonds. The van der Waals surface area contributed by atoms with E-state index in [1.165, 1.54) is 118 Å². The first kappa shape index (κ1) is 90.7. The van der Waals surface area contributed by atoms with Crippen molar-refractivity contribution in [1.82, 2.24) is 0 Å². The van der Waals surface area contributed by atoms with Crippen LogP contribution in [0, 0.1) is 185 Å². The maximum absolute atomic E-state index is 4.93. The third-order valence-electron chi connectivity index (χ3n) is 30.0. The van der Waals surface area contributed by atoms with E-state index >= 15 is 0 Å². The Hall–Kier alpha value is 4.61. The van der Waals surface area contributed by atoms with Crippen molar-refractivity contribution in [3.63, 3.8) is 0 Å². The summed E-state index contributed by atoms with van der Waals surface area (Å²) in [5, 5.41) is 0. The predicted octanol–water partition coefficient (Wildman–Crippen LogP) is 29.9. The molecule has 13 fully saturated rings. The molecule has 10 heteroatoms. The summed E-state index contributed by atoms with van der Waals surface area (Å²) < 4.78 is 0. The molecule has 0 aromatic carbocycles. The Morgan fingerprint density at radius 1 is 0.267 bits per heavy atom. The summed E-state index contributed by atoms with van der Waals surface area (Å²) in [6.07, 6.45) is 56.1. The monoisotopic (exact) mass is 1620 g/mol. The Kier molecular flexibility index (Phi) is 41.5. The average molecular weight is 1620 g/mol. The third kappa shape index (κ3) is 20.9. The number of rotatable bonds is 6. The van der Waals surface area contributed by atoms with Crippen molar-refractivity contribution < 1.29 is 62.5 Å². The molecule has 0 saturated heterocycles. The maximum atomic E-state index is 4.93. The van der Waals surface area contributed by atoms with Crippen LogP contribution in [0.4, 0.5) is 0 Å². The van der Waals surface area contributed by atoms with Gasteiger partial charge in [-0.2, -0.15) is 0 Å². The Balaban J connectivity index is 0.000000421. The van der Waals surface area contributed by atoms with Gasteiger partial charge in [0.05, 0.1) is 8.07 Å². The molecule has 13 aliphatic rings. The van der Waals surface area contributed by atoms with Crippen molar-refractivity contribution in [3.05, 3.63) is 44.6 Å². The molecule has 13 saturated carbocycles. The number of hydrogen-bond acceptors (Lipinski definition) is 0. The van der Waals surface area contributed by atoms with Gasteiger partial charge < -0.3 is 44.6 Å². The summed E-state index contributed by atoms with van der Waals surface area (Å²) in [6, 6.07) is 0. The average Bonchev–Trinajstić information content (AvgIpc) is 1.60. The quantitative estimate of drug-likeness (QED) is 0.184. The van der Waals surface area contributed by atoms with Crippen molar-refractivity contribution in [3.8, 4) is 0 Å². The Bertz CT molecular complexity index is 1840. The number of halogens is 6. The van der Waals surface area contributed by atoms with Gasteiger partial charge in [-0.3, -0.25) is 0 Å². The zero-order valence-corrected chi connectivity index (χ0v) is 75.3. The van der Waals surface area contributed by atoms with Crippen molar-refractivity contribution >= 4 is 59.2 Å². The van der Waals surface area contributed by atoms with Gasteiger partial charge in [0, 0.05) is 0 Å². The Morgan fingerprint density at radius 3 is 0.856 bits per heavy atom. The number of hydrogen-bond donors (Lipinski definition) is 0. The Morgan fingerprint density at radius 2 is 0.522 bits per heavy atom. The van der Waals surface area contributed by atoms with E-state index in [-0.39, 0.29) is 44.6 Å². The van der Waals surface area contributed by atoms with E-state index in [0.717, 1.165) is 88.8 Å². The topological polar surface area (TPSA) is 0 Å². The van der Waals surface area contributed by atoms with Crippen molar-refractivity contribution in [2.24, 2.45) is 140 Å². The van der Waals surface area contributed by atoms with Gasteiger partial charge in [0.15, 0.2) is 0 Å². The zero-order valence-electron chi connectivity index (χ0n) is 62.4. The first-order chi connectivity index (χ1) is 40.0. The number of fused-ring (bicyclic) bond motifs is 10. The SMILES string of the molecule is CC(C)(C)C1CCC2C3CCC(C(C)(C)C)CC3C(C(C)(C)C3CCCC3)C2C1.CC(C)(C1CCCC1)C1C2CCCCC2C2CCCCC21.C[Si](C)(C1CCC2CCCCC21)C1C2CCCCC2C2CCCCC21.[CH3-].[CH3-].[CH3-].[CH3-].[CH3-].[CH3-].[Cl][Zr+2][Cl].[Cl][Zr+2][Cl].[Cl][Zr+2][Cl]. The molecule has 0 aliphatic heterocycles. The van der Waals surface area contributed by atoms with Gasteiger partial charge >= 0.3 is 114 Å². The fourth-order valence-corrected chi connectivity index (χ4v) is 32.6. The van der Waals surface area contributed by atoms with E-state index in [1.54, 1.807) is 154 Å². The summed E-state index contributed by atoms with van der Waals surface area (Å²) in [7, 11) is 28.4. The van der Waals surface area contributed by atoms with Crippen molar-refractivity contribution in [2.45, 2.75) is 325 Å². The minimum atomic E-state index is -1.16. The van der Waals surface area contributed by atoms with Crippen LogP contribution in [0.3, 0.4) is 0 Å². The molecular weight excluding hydrogens is 1480 g/mol. The van der Waals surface area contributed by atoms with E-state index in [0.29, 0.717) is 21.7 Å². The molecule has 0 heterocycles. The van der Waals surface area contributed by atoms with Crippen LogP contribution in [0.5, 0.6) is 0 Å². The van der Waals surface area contributed by atoms with Crippen LogP contribution in [-0.2, 0) is 62.5 Å². The van der Waals surface area contributed by atoms with Gasteiger partial charge in [-0.05, 0) is 254 Å². The van der Waals surface area contributed by atoms with E-state index in [4.69, 9.17) is 51.1 Å². The van der Waals surface area contributed by atoms with Crippen molar-refractivity contribution in [1.29, 1.82) is 0 Å². The molecule has 526 valence electrons. The molecule has 0 aromatic heterocycles. The fraction of sp³-hybridized carbons (Fsp3) is 0.925. The van der Waals surface area contributed by atoms with Crippen LogP contribution in [0.15, 0.2) is 0 Å². The van der Waals surface area contributed by atoms with Gasteiger partial charge in [-0.25, -0.2) is 0 Å². The van der Waals surface area contributed by atoms with Crippen LogP contribution in [-0.4, -0.2) is 8.07 Å². The van der Waals surface area contributed by atoms with E-state index < -0.39 is 70.6 Å². The molecule has 13 aliphatic carbocycles.